The van der Waals surface area contributed by atoms with E-state index in [9.17, 15) is 14.0 Å². The molecule has 0 N–H and O–H groups in total. The SMILES string of the molecule is O=C(/C=C/c1ccccc1F)c1cc2ccccc2oc1=O. The van der Waals surface area contributed by atoms with Gasteiger partial charge < -0.3 is 4.42 Å². The van der Waals surface area contributed by atoms with Crippen LogP contribution < -0.4 is 5.63 Å². The summed E-state index contributed by atoms with van der Waals surface area (Å²) in [5, 5.41) is 0.657. The standard InChI is InChI=1S/C18H11FO3/c19-15-7-3-1-5-12(15)9-10-16(20)14-11-13-6-2-4-8-17(13)22-18(14)21/h1-11H/b10-9+. The van der Waals surface area contributed by atoms with Crippen LogP contribution in [0.3, 0.4) is 0 Å². The number of carbonyl (C=O) groups excluding carboxylic acids is 1. The van der Waals surface area contributed by atoms with Crippen LogP contribution in [0.5, 0.6) is 0 Å². The number of hydrogen-bond acceptors (Lipinski definition) is 3. The van der Waals surface area contributed by atoms with Crippen LogP contribution in [0, 0.1) is 5.82 Å². The molecular formula is C18H11FO3. The monoisotopic (exact) mass is 294 g/mol. The summed E-state index contributed by atoms with van der Waals surface area (Å²) in [4.78, 5) is 24.0. The van der Waals surface area contributed by atoms with Crippen LogP contribution in [0.1, 0.15) is 15.9 Å². The van der Waals surface area contributed by atoms with Crippen molar-refractivity contribution < 1.29 is 13.6 Å². The normalized spacial score (nSPS) is 11.1. The molecule has 1 heterocycles. The molecule has 3 aromatic rings. The minimum atomic E-state index is -0.707. The van der Waals surface area contributed by atoms with Gasteiger partial charge in [0.2, 0.25) is 0 Å². The van der Waals surface area contributed by atoms with Crippen LogP contribution in [0.15, 0.2) is 69.9 Å². The summed E-state index contributed by atoms with van der Waals surface area (Å²) in [7, 11) is 0. The molecule has 22 heavy (non-hydrogen) atoms. The van der Waals surface area contributed by atoms with Gasteiger partial charge >= 0.3 is 5.63 Å². The molecule has 0 bridgehead atoms. The smallest absolute Gasteiger partial charge is 0.347 e. The van der Waals surface area contributed by atoms with Crippen molar-refractivity contribution in [2.45, 2.75) is 0 Å². The maximum absolute atomic E-state index is 13.5. The van der Waals surface area contributed by atoms with E-state index in [4.69, 9.17) is 4.42 Å². The molecule has 0 aliphatic carbocycles. The van der Waals surface area contributed by atoms with E-state index in [0.717, 1.165) is 0 Å². The highest BCUT2D eigenvalue weighted by atomic mass is 19.1. The molecule has 0 saturated carbocycles. The number of hydrogen-bond donors (Lipinski definition) is 0. The van der Waals surface area contributed by atoms with E-state index < -0.39 is 17.2 Å². The Morgan fingerprint density at radius 1 is 1.05 bits per heavy atom. The third-order valence-corrected chi connectivity index (χ3v) is 3.23. The molecule has 0 fully saturated rings. The van der Waals surface area contributed by atoms with Crippen molar-refractivity contribution in [1.29, 1.82) is 0 Å². The zero-order valence-corrected chi connectivity index (χ0v) is 11.5. The number of rotatable bonds is 3. The van der Waals surface area contributed by atoms with Crippen LogP contribution in [0.25, 0.3) is 17.0 Å². The van der Waals surface area contributed by atoms with E-state index in [1.54, 1.807) is 42.5 Å². The summed E-state index contributed by atoms with van der Waals surface area (Å²) >= 11 is 0. The van der Waals surface area contributed by atoms with Gasteiger partial charge in [-0.05, 0) is 30.4 Å². The predicted octanol–water partition coefficient (Wildman–Crippen LogP) is 3.83. The Hall–Kier alpha value is -3.01. The maximum Gasteiger partial charge on any atom is 0.347 e. The van der Waals surface area contributed by atoms with Crippen molar-refractivity contribution in [3.05, 3.63) is 88.0 Å². The molecule has 3 nitrogen and oxygen atoms in total. The first-order valence-corrected chi connectivity index (χ1v) is 6.65. The second-order valence-electron chi connectivity index (χ2n) is 4.70. The Kier molecular flexibility index (Phi) is 3.66. The van der Waals surface area contributed by atoms with Gasteiger partial charge in [-0.3, -0.25) is 4.79 Å². The number of carbonyl (C=O) groups is 1. The van der Waals surface area contributed by atoms with Crippen LogP contribution in [-0.2, 0) is 0 Å². The molecule has 108 valence electrons. The Labute approximate surface area is 125 Å². The molecule has 4 heteroatoms. The van der Waals surface area contributed by atoms with Gasteiger partial charge in [0.15, 0.2) is 5.78 Å². The van der Waals surface area contributed by atoms with Crippen molar-refractivity contribution in [2.75, 3.05) is 0 Å². The van der Waals surface area contributed by atoms with Crippen LogP contribution in [-0.4, -0.2) is 5.78 Å². The first-order chi connectivity index (χ1) is 10.6. The highest BCUT2D eigenvalue weighted by Crippen LogP contribution is 2.14. The minimum absolute atomic E-state index is 0.0775. The second kappa shape index (κ2) is 5.77. The Morgan fingerprint density at radius 3 is 2.59 bits per heavy atom. The summed E-state index contributed by atoms with van der Waals surface area (Å²) in [5.41, 5.74) is -0.0867. The van der Waals surface area contributed by atoms with Crippen molar-refractivity contribution in [1.82, 2.24) is 0 Å². The van der Waals surface area contributed by atoms with Gasteiger partial charge in [-0.25, -0.2) is 9.18 Å². The van der Waals surface area contributed by atoms with E-state index in [1.807, 2.05) is 0 Å². The van der Waals surface area contributed by atoms with Crippen molar-refractivity contribution in [2.24, 2.45) is 0 Å². The van der Waals surface area contributed by atoms with E-state index in [2.05, 4.69) is 0 Å². The first kappa shape index (κ1) is 13.9. The third kappa shape index (κ3) is 2.72. The zero-order valence-electron chi connectivity index (χ0n) is 11.5. The maximum atomic E-state index is 13.5. The molecule has 0 aliphatic rings. The lowest BCUT2D eigenvalue weighted by atomic mass is 10.1. The van der Waals surface area contributed by atoms with Crippen molar-refractivity contribution in [3.63, 3.8) is 0 Å². The molecule has 0 saturated heterocycles. The summed E-state index contributed by atoms with van der Waals surface area (Å²) in [6, 6.07) is 14.5. The number of allylic oxidation sites excluding steroid dienone is 1. The summed E-state index contributed by atoms with van der Waals surface area (Å²) < 4.78 is 18.6. The molecule has 3 rings (SSSR count). The van der Waals surface area contributed by atoms with Gasteiger partial charge in [-0.1, -0.05) is 36.4 Å². The lowest BCUT2D eigenvalue weighted by Crippen LogP contribution is -2.11. The zero-order chi connectivity index (χ0) is 15.5. The first-order valence-electron chi connectivity index (χ1n) is 6.65. The van der Waals surface area contributed by atoms with Gasteiger partial charge in [0.25, 0.3) is 0 Å². The Bertz CT molecular complexity index is 938. The number of benzene rings is 2. The van der Waals surface area contributed by atoms with Gasteiger partial charge in [-0.2, -0.15) is 0 Å². The topological polar surface area (TPSA) is 47.3 Å². The summed E-state index contributed by atoms with van der Waals surface area (Å²) in [6.45, 7) is 0. The molecule has 0 amide bonds. The predicted molar refractivity (Wildman–Crippen MR) is 82.2 cm³/mol. The largest absolute Gasteiger partial charge is 0.422 e. The van der Waals surface area contributed by atoms with E-state index in [0.29, 0.717) is 11.0 Å². The van der Waals surface area contributed by atoms with E-state index in [1.165, 1.54) is 24.3 Å². The Morgan fingerprint density at radius 2 is 1.77 bits per heavy atom. The number of ketones is 1. The van der Waals surface area contributed by atoms with E-state index >= 15 is 0 Å². The molecule has 2 aromatic carbocycles. The third-order valence-electron chi connectivity index (χ3n) is 3.23. The van der Waals surface area contributed by atoms with Crippen molar-refractivity contribution >= 4 is 22.8 Å². The van der Waals surface area contributed by atoms with E-state index in [-0.39, 0.29) is 11.1 Å². The lowest BCUT2D eigenvalue weighted by molar-refractivity contribution is 0.104. The molecule has 0 unspecified atom stereocenters. The number of halogens is 1. The van der Waals surface area contributed by atoms with Gasteiger partial charge in [0, 0.05) is 10.9 Å². The molecule has 1 aromatic heterocycles. The molecular weight excluding hydrogens is 283 g/mol. The summed E-state index contributed by atoms with van der Waals surface area (Å²) in [6.07, 6.45) is 2.51. The Balaban J connectivity index is 1.97. The van der Waals surface area contributed by atoms with Crippen LogP contribution in [0.4, 0.5) is 4.39 Å². The highest BCUT2D eigenvalue weighted by Gasteiger charge is 2.11. The van der Waals surface area contributed by atoms with Gasteiger partial charge in [0.05, 0.1) is 0 Å². The number of para-hydroxylation sites is 1. The molecule has 0 spiro atoms. The van der Waals surface area contributed by atoms with Crippen LogP contribution >= 0.6 is 0 Å². The molecule has 0 atom stereocenters. The average Bonchev–Trinajstić information content (AvgIpc) is 2.53. The quantitative estimate of drug-likeness (QED) is 0.419. The van der Waals surface area contributed by atoms with Gasteiger partial charge in [-0.15, -0.1) is 0 Å². The fraction of sp³-hybridized carbons (Fsp3) is 0. The molecule has 0 radical (unpaired) electrons. The average molecular weight is 294 g/mol. The van der Waals surface area contributed by atoms with Gasteiger partial charge in [0.1, 0.15) is 17.0 Å². The fourth-order valence-electron chi connectivity index (χ4n) is 2.10. The number of fused-ring (bicyclic) bond motifs is 1. The fourth-order valence-corrected chi connectivity index (χ4v) is 2.10. The van der Waals surface area contributed by atoms with Crippen molar-refractivity contribution in [3.8, 4) is 0 Å². The lowest BCUT2D eigenvalue weighted by Gasteiger charge is -1.99. The highest BCUT2D eigenvalue weighted by molar-refractivity contribution is 6.07. The minimum Gasteiger partial charge on any atom is -0.422 e. The molecule has 0 aliphatic heterocycles. The van der Waals surface area contributed by atoms with Crippen LogP contribution in [0.2, 0.25) is 0 Å². The summed E-state index contributed by atoms with van der Waals surface area (Å²) in [5.74, 6) is -0.958. The second-order valence-corrected chi connectivity index (χ2v) is 4.70.